The van der Waals surface area contributed by atoms with Crippen LogP contribution in [0.2, 0.25) is 0 Å². The Labute approximate surface area is 119 Å². The molecule has 1 unspecified atom stereocenters. The van der Waals surface area contributed by atoms with E-state index in [1.54, 1.807) is 0 Å². The number of aliphatic hydroxyl groups excluding tert-OH is 1. The summed E-state index contributed by atoms with van der Waals surface area (Å²) in [7, 11) is 0. The summed E-state index contributed by atoms with van der Waals surface area (Å²) >= 11 is 0. The third-order valence-electron chi connectivity index (χ3n) is 5.27. The highest BCUT2D eigenvalue weighted by Crippen LogP contribution is 2.40. The van der Waals surface area contributed by atoms with E-state index in [2.05, 4.69) is 0 Å². The van der Waals surface area contributed by atoms with Gasteiger partial charge in [-0.1, -0.05) is 0 Å². The van der Waals surface area contributed by atoms with Crippen molar-refractivity contribution in [1.82, 2.24) is 9.80 Å². The van der Waals surface area contributed by atoms with Gasteiger partial charge in [0, 0.05) is 25.6 Å². The SMILES string of the molecule is CCN1CC2(CCCCN2C(=O)C2CC(O)C2)CC1=O. The molecular formula is C15H24N2O3. The zero-order valence-corrected chi connectivity index (χ0v) is 12.2. The Hall–Kier alpha value is -1.10. The maximum absolute atomic E-state index is 12.7. The van der Waals surface area contributed by atoms with Crippen molar-refractivity contribution in [2.75, 3.05) is 19.6 Å². The fourth-order valence-corrected chi connectivity index (χ4v) is 3.98. The first-order chi connectivity index (χ1) is 9.55. The molecule has 0 aromatic rings. The van der Waals surface area contributed by atoms with Crippen molar-refractivity contribution in [3.05, 3.63) is 0 Å². The topological polar surface area (TPSA) is 60.9 Å². The molecule has 5 heteroatoms. The normalized spacial score (nSPS) is 37.4. The lowest BCUT2D eigenvalue weighted by Gasteiger charge is -2.47. The lowest BCUT2D eigenvalue weighted by Crippen LogP contribution is -2.59. The minimum atomic E-state index is -0.304. The molecule has 1 N–H and O–H groups in total. The summed E-state index contributed by atoms with van der Waals surface area (Å²) in [5.74, 6) is 0.326. The van der Waals surface area contributed by atoms with Crippen LogP contribution < -0.4 is 0 Å². The Morgan fingerprint density at radius 1 is 1.40 bits per heavy atom. The van der Waals surface area contributed by atoms with Gasteiger partial charge in [-0.05, 0) is 39.0 Å². The monoisotopic (exact) mass is 280 g/mol. The summed E-state index contributed by atoms with van der Waals surface area (Å²) < 4.78 is 0. The summed E-state index contributed by atoms with van der Waals surface area (Å²) in [5, 5.41) is 9.41. The summed E-state index contributed by atoms with van der Waals surface area (Å²) in [5.41, 5.74) is -0.261. The average molecular weight is 280 g/mol. The van der Waals surface area contributed by atoms with Crippen LogP contribution in [0.5, 0.6) is 0 Å². The van der Waals surface area contributed by atoms with Crippen LogP contribution in [0.1, 0.15) is 45.4 Å². The molecule has 0 radical (unpaired) electrons. The molecule has 5 nitrogen and oxygen atoms in total. The van der Waals surface area contributed by atoms with Gasteiger partial charge in [0.1, 0.15) is 0 Å². The second-order valence-corrected chi connectivity index (χ2v) is 6.58. The van der Waals surface area contributed by atoms with E-state index < -0.39 is 0 Å². The Morgan fingerprint density at radius 3 is 2.75 bits per heavy atom. The van der Waals surface area contributed by atoms with Gasteiger partial charge >= 0.3 is 0 Å². The first-order valence-corrected chi connectivity index (χ1v) is 7.83. The number of aliphatic hydroxyl groups is 1. The molecule has 1 spiro atoms. The van der Waals surface area contributed by atoms with Crippen LogP contribution >= 0.6 is 0 Å². The van der Waals surface area contributed by atoms with E-state index in [9.17, 15) is 14.7 Å². The first kappa shape index (κ1) is 13.9. The molecule has 2 heterocycles. The molecule has 2 aliphatic heterocycles. The molecular weight excluding hydrogens is 256 g/mol. The maximum atomic E-state index is 12.7. The number of hydrogen-bond donors (Lipinski definition) is 1. The second-order valence-electron chi connectivity index (χ2n) is 6.58. The number of carbonyl (C=O) groups excluding carboxylic acids is 2. The van der Waals surface area contributed by atoms with Gasteiger partial charge < -0.3 is 14.9 Å². The van der Waals surface area contributed by atoms with Crippen LogP contribution in [0, 0.1) is 5.92 Å². The maximum Gasteiger partial charge on any atom is 0.226 e. The predicted molar refractivity (Wildman–Crippen MR) is 73.9 cm³/mol. The molecule has 1 aliphatic carbocycles. The third-order valence-corrected chi connectivity index (χ3v) is 5.27. The van der Waals surface area contributed by atoms with Crippen molar-refractivity contribution in [3.8, 4) is 0 Å². The van der Waals surface area contributed by atoms with Crippen molar-refractivity contribution in [1.29, 1.82) is 0 Å². The smallest absolute Gasteiger partial charge is 0.226 e. The van der Waals surface area contributed by atoms with E-state index in [-0.39, 0.29) is 29.4 Å². The van der Waals surface area contributed by atoms with Crippen LogP contribution in [-0.4, -0.2) is 58.0 Å². The molecule has 1 saturated carbocycles. The van der Waals surface area contributed by atoms with Crippen LogP contribution in [-0.2, 0) is 9.59 Å². The number of likely N-dealkylation sites (N-methyl/N-ethyl adjacent to an activating group) is 1. The molecule has 2 saturated heterocycles. The van der Waals surface area contributed by atoms with Gasteiger partial charge in [0.25, 0.3) is 0 Å². The zero-order chi connectivity index (χ0) is 14.3. The van der Waals surface area contributed by atoms with Crippen molar-refractivity contribution in [3.63, 3.8) is 0 Å². The highest BCUT2D eigenvalue weighted by Gasteiger charge is 2.51. The van der Waals surface area contributed by atoms with Crippen molar-refractivity contribution >= 4 is 11.8 Å². The van der Waals surface area contributed by atoms with Gasteiger partial charge in [-0.25, -0.2) is 0 Å². The first-order valence-electron chi connectivity index (χ1n) is 7.83. The number of likely N-dealkylation sites (tertiary alicyclic amines) is 2. The molecule has 0 aromatic carbocycles. The van der Waals surface area contributed by atoms with Gasteiger partial charge in [0.05, 0.1) is 18.1 Å². The van der Waals surface area contributed by atoms with Gasteiger partial charge in [0.2, 0.25) is 11.8 Å². The lowest BCUT2D eigenvalue weighted by molar-refractivity contribution is -0.151. The summed E-state index contributed by atoms with van der Waals surface area (Å²) in [6.45, 7) is 4.19. The third kappa shape index (κ3) is 2.12. The average Bonchev–Trinajstić information content (AvgIpc) is 2.71. The highest BCUT2D eigenvalue weighted by atomic mass is 16.3. The van der Waals surface area contributed by atoms with E-state index in [1.807, 2.05) is 16.7 Å². The van der Waals surface area contributed by atoms with E-state index in [0.717, 1.165) is 32.4 Å². The fraction of sp³-hybridized carbons (Fsp3) is 0.867. The van der Waals surface area contributed by atoms with E-state index in [1.165, 1.54) is 0 Å². The molecule has 1 atom stereocenters. The Morgan fingerprint density at radius 2 is 2.15 bits per heavy atom. The summed E-state index contributed by atoms with van der Waals surface area (Å²) in [6, 6.07) is 0. The number of rotatable bonds is 2. The van der Waals surface area contributed by atoms with Gasteiger partial charge in [-0.3, -0.25) is 9.59 Å². The largest absolute Gasteiger partial charge is 0.393 e. The number of carbonyl (C=O) groups is 2. The fourth-order valence-electron chi connectivity index (χ4n) is 3.98. The van der Waals surface area contributed by atoms with E-state index in [0.29, 0.717) is 25.8 Å². The van der Waals surface area contributed by atoms with Crippen molar-refractivity contribution in [2.24, 2.45) is 5.92 Å². The predicted octanol–water partition coefficient (Wildman–Crippen LogP) is 0.761. The standard InChI is InChI=1S/C15H24N2O3/c1-2-16-10-15(9-13(16)19)5-3-4-6-17(15)14(20)11-7-12(18)8-11/h11-12,18H,2-10H2,1H3. The van der Waals surface area contributed by atoms with Crippen LogP contribution in [0.4, 0.5) is 0 Å². The lowest BCUT2D eigenvalue weighted by atomic mass is 9.78. The van der Waals surface area contributed by atoms with Gasteiger partial charge in [-0.2, -0.15) is 0 Å². The molecule has 20 heavy (non-hydrogen) atoms. The Balaban J connectivity index is 1.77. The molecule has 0 bridgehead atoms. The minimum absolute atomic E-state index is 0.0225. The van der Waals surface area contributed by atoms with Gasteiger partial charge in [-0.15, -0.1) is 0 Å². The number of amides is 2. The van der Waals surface area contributed by atoms with Crippen LogP contribution in [0.3, 0.4) is 0 Å². The van der Waals surface area contributed by atoms with E-state index >= 15 is 0 Å². The van der Waals surface area contributed by atoms with E-state index in [4.69, 9.17) is 0 Å². The summed E-state index contributed by atoms with van der Waals surface area (Å²) in [4.78, 5) is 28.6. The number of nitrogens with zero attached hydrogens (tertiary/aromatic N) is 2. The van der Waals surface area contributed by atoms with Crippen LogP contribution in [0.15, 0.2) is 0 Å². The Kier molecular flexibility index (Phi) is 3.48. The zero-order valence-electron chi connectivity index (χ0n) is 12.2. The second kappa shape index (κ2) is 5.02. The number of piperidine rings is 1. The molecule has 112 valence electrons. The summed E-state index contributed by atoms with van der Waals surface area (Å²) in [6.07, 6.45) is 4.44. The molecule has 0 aromatic heterocycles. The molecule has 2 amide bonds. The Bertz CT molecular complexity index is 419. The molecule has 3 rings (SSSR count). The number of hydrogen-bond acceptors (Lipinski definition) is 3. The quantitative estimate of drug-likeness (QED) is 0.812. The minimum Gasteiger partial charge on any atom is -0.393 e. The highest BCUT2D eigenvalue weighted by molar-refractivity contribution is 5.85. The van der Waals surface area contributed by atoms with Crippen LogP contribution in [0.25, 0.3) is 0 Å². The van der Waals surface area contributed by atoms with Gasteiger partial charge in [0.15, 0.2) is 0 Å². The molecule has 3 aliphatic rings. The van der Waals surface area contributed by atoms with Crippen molar-refractivity contribution in [2.45, 2.75) is 57.1 Å². The molecule has 3 fully saturated rings. The van der Waals surface area contributed by atoms with Crippen molar-refractivity contribution < 1.29 is 14.7 Å².